The van der Waals surface area contributed by atoms with Crippen molar-refractivity contribution < 1.29 is 9.59 Å². The standard InChI is InChI=1S/C12H21N3O2/c13-8-12(4-1-5-12)11(17)15-6-2-9(3-7-15)10(14)16/h9H,1-8,13H2,(H2,14,16). The van der Waals surface area contributed by atoms with Crippen molar-refractivity contribution in [3.8, 4) is 0 Å². The van der Waals surface area contributed by atoms with Crippen LogP contribution in [0.4, 0.5) is 0 Å². The number of piperidine rings is 1. The first-order chi connectivity index (χ1) is 8.09. The number of primary amides is 1. The van der Waals surface area contributed by atoms with Crippen molar-refractivity contribution >= 4 is 11.8 Å². The zero-order chi connectivity index (χ0) is 12.5. The van der Waals surface area contributed by atoms with Gasteiger partial charge in [-0.25, -0.2) is 0 Å². The van der Waals surface area contributed by atoms with Gasteiger partial charge in [0.2, 0.25) is 11.8 Å². The molecule has 2 amide bonds. The molecule has 1 saturated heterocycles. The molecule has 1 heterocycles. The van der Waals surface area contributed by atoms with E-state index in [0.29, 0.717) is 32.5 Å². The smallest absolute Gasteiger partial charge is 0.230 e. The van der Waals surface area contributed by atoms with E-state index in [4.69, 9.17) is 11.5 Å². The maximum absolute atomic E-state index is 12.3. The Balaban J connectivity index is 1.92. The Labute approximate surface area is 102 Å². The molecule has 0 bridgehead atoms. The van der Waals surface area contributed by atoms with Gasteiger partial charge in [-0.1, -0.05) is 6.42 Å². The molecule has 2 fully saturated rings. The van der Waals surface area contributed by atoms with Crippen LogP contribution in [-0.2, 0) is 9.59 Å². The van der Waals surface area contributed by atoms with Crippen LogP contribution in [0.2, 0.25) is 0 Å². The lowest BCUT2D eigenvalue weighted by atomic mass is 9.67. The second-order valence-electron chi connectivity index (χ2n) is 5.31. The summed E-state index contributed by atoms with van der Waals surface area (Å²) in [7, 11) is 0. The lowest BCUT2D eigenvalue weighted by Gasteiger charge is -2.44. The van der Waals surface area contributed by atoms with Gasteiger partial charge in [-0.2, -0.15) is 0 Å². The van der Waals surface area contributed by atoms with Crippen LogP contribution >= 0.6 is 0 Å². The van der Waals surface area contributed by atoms with Crippen LogP contribution in [0.3, 0.4) is 0 Å². The third-order valence-corrected chi connectivity index (χ3v) is 4.34. The van der Waals surface area contributed by atoms with E-state index in [1.165, 1.54) is 0 Å². The molecule has 0 aromatic heterocycles. The first-order valence-electron chi connectivity index (χ1n) is 6.38. The molecule has 0 radical (unpaired) electrons. The molecule has 2 aliphatic rings. The number of hydrogen-bond donors (Lipinski definition) is 2. The Kier molecular flexibility index (Phi) is 3.38. The summed E-state index contributed by atoms with van der Waals surface area (Å²) in [6.45, 7) is 1.74. The Morgan fingerprint density at radius 1 is 1.24 bits per heavy atom. The van der Waals surface area contributed by atoms with Gasteiger partial charge in [-0.05, 0) is 25.7 Å². The minimum absolute atomic E-state index is 0.0609. The fraction of sp³-hybridized carbons (Fsp3) is 0.833. The second kappa shape index (κ2) is 4.64. The molecule has 0 atom stereocenters. The molecule has 0 spiro atoms. The third-order valence-electron chi connectivity index (χ3n) is 4.34. The van der Waals surface area contributed by atoms with E-state index in [0.717, 1.165) is 19.3 Å². The molecule has 0 aromatic rings. The summed E-state index contributed by atoms with van der Waals surface area (Å²) in [6, 6.07) is 0. The lowest BCUT2D eigenvalue weighted by Crippen LogP contribution is -2.54. The van der Waals surface area contributed by atoms with Gasteiger partial charge in [0, 0.05) is 25.6 Å². The SMILES string of the molecule is NCC1(C(=O)N2CCC(C(N)=O)CC2)CCC1. The Morgan fingerprint density at radius 3 is 2.18 bits per heavy atom. The number of carbonyl (C=O) groups excluding carboxylic acids is 2. The molecule has 1 aliphatic carbocycles. The van der Waals surface area contributed by atoms with Gasteiger partial charge in [0.25, 0.3) is 0 Å². The molecule has 0 unspecified atom stereocenters. The van der Waals surface area contributed by atoms with Crippen molar-refractivity contribution in [2.24, 2.45) is 22.8 Å². The van der Waals surface area contributed by atoms with E-state index in [9.17, 15) is 9.59 Å². The normalized spacial score (nSPS) is 24.2. The summed E-state index contributed by atoms with van der Waals surface area (Å²) in [4.78, 5) is 25.3. The summed E-state index contributed by atoms with van der Waals surface area (Å²) in [5.74, 6) is -0.113. The first-order valence-corrected chi connectivity index (χ1v) is 6.38. The molecule has 5 nitrogen and oxygen atoms in total. The molecular formula is C12H21N3O2. The summed E-state index contributed by atoms with van der Waals surface area (Å²) in [5.41, 5.74) is 10.7. The van der Waals surface area contributed by atoms with Crippen LogP contribution < -0.4 is 11.5 Å². The quantitative estimate of drug-likeness (QED) is 0.717. The zero-order valence-corrected chi connectivity index (χ0v) is 10.2. The van der Waals surface area contributed by atoms with E-state index < -0.39 is 0 Å². The largest absolute Gasteiger partial charge is 0.369 e. The van der Waals surface area contributed by atoms with Gasteiger partial charge in [-0.15, -0.1) is 0 Å². The van der Waals surface area contributed by atoms with E-state index in [-0.39, 0.29) is 23.1 Å². The molecule has 17 heavy (non-hydrogen) atoms. The highest BCUT2D eigenvalue weighted by atomic mass is 16.2. The second-order valence-corrected chi connectivity index (χ2v) is 5.31. The molecular weight excluding hydrogens is 218 g/mol. The van der Waals surface area contributed by atoms with Gasteiger partial charge in [-0.3, -0.25) is 9.59 Å². The van der Waals surface area contributed by atoms with Gasteiger partial charge in [0.05, 0.1) is 5.41 Å². The molecule has 5 heteroatoms. The topological polar surface area (TPSA) is 89.4 Å². The highest BCUT2D eigenvalue weighted by molar-refractivity contribution is 5.84. The van der Waals surface area contributed by atoms with E-state index in [1.807, 2.05) is 4.90 Å². The lowest BCUT2D eigenvalue weighted by molar-refractivity contribution is -0.149. The maximum atomic E-state index is 12.3. The van der Waals surface area contributed by atoms with Crippen molar-refractivity contribution in [3.05, 3.63) is 0 Å². The van der Waals surface area contributed by atoms with Crippen molar-refractivity contribution in [3.63, 3.8) is 0 Å². The first kappa shape index (κ1) is 12.4. The predicted molar refractivity (Wildman–Crippen MR) is 63.8 cm³/mol. The summed E-state index contributed by atoms with van der Waals surface area (Å²) < 4.78 is 0. The number of carbonyl (C=O) groups is 2. The van der Waals surface area contributed by atoms with Crippen molar-refractivity contribution in [1.29, 1.82) is 0 Å². The minimum atomic E-state index is -0.292. The van der Waals surface area contributed by atoms with Crippen LogP contribution in [0.15, 0.2) is 0 Å². The van der Waals surface area contributed by atoms with E-state index in [2.05, 4.69) is 0 Å². The molecule has 2 rings (SSSR count). The minimum Gasteiger partial charge on any atom is -0.369 e. The van der Waals surface area contributed by atoms with Gasteiger partial charge in [0.1, 0.15) is 0 Å². The van der Waals surface area contributed by atoms with E-state index >= 15 is 0 Å². The fourth-order valence-corrected chi connectivity index (χ4v) is 2.81. The molecule has 4 N–H and O–H groups in total. The van der Waals surface area contributed by atoms with Crippen LogP contribution in [-0.4, -0.2) is 36.3 Å². The van der Waals surface area contributed by atoms with Gasteiger partial charge >= 0.3 is 0 Å². The predicted octanol–water partition coefficient (Wildman–Crippen LogP) is -0.161. The van der Waals surface area contributed by atoms with Crippen LogP contribution in [0, 0.1) is 11.3 Å². The number of amides is 2. The summed E-state index contributed by atoms with van der Waals surface area (Å²) >= 11 is 0. The number of likely N-dealkylation sites (tertiary alicyclic amines) is 1. The molecule has 96 valence electrons. The highest BCUT2D eigenvalue weighted by Crippen LogP contribution is 2.42. The van der Waals surface area contributed by atoms with Crippen molar-refractivity contribution in [2.45, 2.75) is 32.1 Å². The van der Waals surface area contributed by atoms with Crippen LogP contribution in [0.5, 0.6) is 0 Å². The Bertz CT molecular complexity index is 312. The summed E-state index contributed by atoms with van der Waals surface area (Å²) in [5, 5.41) is 0. The Morgan fingerprint density at radius 2 is 1.82 bits per heavy atom. The third kappa shape index (κ3) is 2.16. The number of hydrogen-bond acceptors (Lipinski definition) is 3. The van der Waals surface area contributed by atoms with Crippen LogP contribution in [0.25, 0.3) is 0 Å². The van der Waals surface area contributed by atoms with Gasteiger partial charge in [0.15, 0.2) is 0 Å². The number of rotatable bonds is 3. The maximum Gasteiger partial charge on any atom is 0.230 e. The van der Waals surface area contributed by atoms with Crippen molar-refractivity contribution in [1.82, 2.24) is 4.90 Å². The van der Waals surface area contributed by atoms with Gasteiger partial charge < -0.3 is 16.4 Å². The van der Waals surface area contributed by atoms with Crippen LogP contribution in [0.1, 0.15) is 32.1 Å². The molecule has 0 aromatic carbocycles. The number of nitrogens with zero attached hydrogens (tertiary/aromatic N) is 1. The highest BCUT2D eigenvalue weighted by Gasteiger charge is 2.45. The zero-order valence-electron chi connectivity index (χ0n) is 10.2. The number of nitrogens with two attached hydrogens (primary N) is 2. The average Bonchev–Trinajstić information content (AvgIpc) is 2.28. The summed E-state index contributed by atoms with van der Waals surface area (Å²) in [6.07, 6.45) is 4.32. The van der Waals surface area contributed by atoms with Crippen molar-refractivity contribution in [2.75, 3.05) is 19.6 Å². The molecule has 1 saturated carbocycles. The fourth-order valence-electron chi connectivity index (χ4n) is 2.81. The van der Waals surface area contributed by atoms with E-state index in [1.54, 1.807) is 0 Å². The Hall–Kier alpha value is -1.10. The molecule has 1 aliphatic heterocycles. The average molecular weight is 239 g/mol. The monoisotopic (exact) mass is 239 g/mol.